The van der Waals surface area contributed by atoms with Gasteiger partial charge in [0.25, 0.3) is 0 Å². The van der Waals surface area contributed by atoms with Crippen molar-refractivity contribution in [3.63, 3.8) is 0 Å². The second kappa shape index (κ2) is 15.9. The molecular weight excluding hydrogens is 591 g/mol. The Morgan fingerprint density at radius 1 is 0.738 bits per heavy atom. The third-order valence-corrected chi connectivity index (χ3v) is 10.2. The number of carbonyl (C=O) groups excluding carboxylic acids is 1. The third kappa shape index (κ3) is 9.67. The Morgan fingerprint density at radius 2 is 1.24 bits per heavy atom. The quantitative estimate of drug-likeness (QED) is 0.159. The average Bonchev–Trinajstić information content (AvgIpc) is 3.72. The van der Waals surface area contributed by atoms with E-state index in [1.54, 1.807) is 41.2 Å². The number of benzene rings is 2. The summed E-state index contributed by atoms with van der Waals surface area (Å²) in [6.07, 6.45) is 0.250. The molecule has 11 heteroatoms. The van der Waals surface area contributed by atoms with Crippen LogP contribution in [0.5, 0.6) is 11.5 Å². The predicted molar refractivity (Wildman–Crippen MR) is 169 cm³/mol. The lowest BCUT2D eigenvalue weighted by Gasteiger charge is -2.24. The first-order valence-corrected chi connectivity index (χ1v) is 17.0. The minimum Gasteiger partial charge on any atom is -0.497 e. The maximum atomic E-state index is 13.3. The zero-order valence-electron chi connectivity index (χ0n) is 23.9. The van der Waals surface area contributed by atoms with Gasteiger partial charge in [-0.15, -0.1) is 22.7 Å². The summed E-state index contributed by atoms with van der Waals surface area (Å²) in [6.45, 7) is 2.24. The number of sulfonamides is 1. The number of thiophene rings is 2. The summed E-state index contributed by atoms with van der Waals surface area (Å²) < 4.78 is 38.6. The van der Waals surface area contributed by atoms with E-state index in [1.807, 2.05) is 88.5 Å². The van der Waals surface area contributed by atoms with E-state index in [-0.39, 0.29) is 24.6 Å². The summed E-state index contributed by atoms with van der Waals surface area (Å²) in [4.78, 5) is 17.2. The van der Waals surface area contributed by atoms with Crippen LogP contribution in [-0.2, 0) is 41.0 Å². The van der Waals surface area contributed by atoms with Crippen molar-refractivity contribution in [1.82, 2.24) is 14.5 Å². The highest BCUT2D eigenvalue weighted by atomic mass is 32.2. The predicted octanol–water partition coefficient (Wildman–Crippen LogP) is 5.37. The number of carbonyl (C=O) groups is 1. The Bertz CT molecular complexity index is 1370. The third-order valence-electron chi connectivity index (χ3n) is 6.69. The van der Waals surface area contributed by atoms with Crippen LogP contribution >= 0.6 is 22.7 Å². The van der Waals surface area contributed by atoms with Crippen molar-refractivity contribution in [2.45, 2.75) is 32.6 Å². The summed E-state index contributed by atoms with van der Waals surface area (Å²) in [7, 11) is -0.271. The van der Waals surface area contributed by atoms with E-state index in [2.05, 4.69) is 5.32 Å². The molecule has 0 spiro atoms. The van der Waals surface area contributed by atoms with Crippen molar-refractivity contribution < 1.29 is 22.7 Å². The summed E-state index contributed by atoms with van der Waals surface area (Å²) >= 11 is 3.10. The van der Waals surface area contributed by atoms with Crippen LogP contribution in [0.1, 0.15) is 27.3 Å². The molecule has 8 nitrogen and oxygen atoms in total. The van der Waals surface area contributed by atoms with Crippen LogP contribution in [0.4, 0.5) is 0 Å². The van der Waals surface area contributed by atoms with E-state index in [1.165, 1.54) is 0 Å². The maximum absolute atomic E-state index is 13.3. The fourth-order valence-electron chi connectivity index (χ4n) is 4.35. The van der Waals surface area contributed by atoms with Crippen LogP contribution in [0.25, 0.3) is 0 Å². The number of amides is 1. The Labute approximate surface area is 256 Å². The van der Waals surface area contributed by atoms with Gasteiger partial charge in [-0.2, -0.15) is 4.31 Å². The first kappa shape index (κ1) is 31.7. The molecule has 224 valence electrons. The normalized spacial score (nSPS) is 11.5. The average molecular weight is 628 g/mol. The van der Waals surface area contributed by atoms with E-state index < -0.39 is 10.0 Å². The van der Waals surface area contributed by atoms with Gasteiger partial charge in [-0.25, -0.2) is 8.42 Å². The number of ether oxygens (including phenoxy) is 2. The van der Waals surface area contributed by atoms with Crippen LogP contribution in [0, 0.1) is 0 Å². The monoisotopic (exact) mass is 627 g/mol. The highest BCUT2D eigenvalue weighted by Crippen LogP contribution is 2.21. The highest BCUT2D eigenvalue weighted by molar-refractivity contribution is 7.89. The minimum absolute atomic E-state index is 0.0194. The summed E-state index contributed by atoms with van der Waals surface area (Å²) in [5.74, 6) is 1.46. The molecule has 42 heavy (non-hydrogen) atoms. The summed E-state index contributed by atoms with van der Waals surface area (Å²) in [6, 6.07) is 23.1. The Morgan fingerprint density at radius 3 is 1.67 bits per heavy atom. The maximum Gasteiger partial charge on any atom is 0.224 e. The number of methoxy groups -OCH3 is 2. The number of nitrogens with one attached hydrogen (secondary N) is 1. The van der Waals surface area contributed by atoms with Gasteiger partial charge in [0, 0.05) is 55.4 Å². The minimum atomic E-state index is -3.52. The molecule has 0 aliphatic rings. The standard InChI is InChI=1S/C31H37N3O5S3/c1-38-27-11-7-25(8-12-27)21-33(22-26-9-13-28(39-2)14-10-26)31(35)15-16-32-17-20-42(36,37)34(23-29-5-3-18-40-29)24-30-6-4-19-41-30/h3-14,18-19,32H,15-17,20-24H2,1-2H3. The van der Waals surface area contributed by atoms with Gasteiger partial charge in [-0.3, -0.25) is 4.79 Å². The molecule has 0 atom stereocenters. The molecule has 4 rings (SSSR count). The molecule has 1 amide bonds. The molecule has 0 saturated carbocycles. The number of hydrogen-bond donors (Lipinski definition) is 1. The molecule has 0 saturated heterocycles. The second-order valence-electron chi connectivity index (χ2n) is 9.69. The SMILES string of the molecule is COc1ccc(CN(Cc2ccc(OC)cc2)C(=O)CCNCCS(=O)(=O)N(Cc2cccs2)Cc2cccs2)cc1. The molecule has 0 radical (unpaired) electrons. The molecule has 1 N–H and O–H groups in total. The number of hydrogen-bond acceptors (Lipinski definition) is 8. The van der Waals surface area contributed by atoms with Crippen molar-refractivity contribution in [2.75, 3.05) is 33.1 Å². The van der Waals surface area contributed by atoms with Crippen molar-refractivity contribution in [3.8, 4) is 11.5 Å². The number of rotatable bonds is 17. The van der Waals surface area contributed by atoms with E-state index >= 15 is 0 Å². The first-order chi connectivity index (χ1) is 20.4. The van der Waals surface area contributed by atoms with E-state index in [4.69, 9.17) is 9.47 Å². The van der Waals surface area contributed by atoms with Crippen LogP contribution in [0.2, 0.25) is 0 Å². The van der Waals surface area contributed by atoms with Gasteiger partial charge in [0.15, 0.2) is 0 Å². The molecule has 0 aliphatic heterocycles. The van der Waals surface area contributed by atoms with Gasteiger partial charge >= 0.3 is 0 Å². The molecule has 2 heterocycles. The molecule has 0 unspecified atom stereocenters. The van der Waals surface area contributed by atoms with Gasteiger partial charge in [-0.1, -0.05) is 36.4 Å². The molecule has 0 aliphatic carbocycles. The Kier molecular flexibility index (Phi) is 12.0. The molecule has 0 fully saturated rings. The lowest BCUT2D eigenvalue weighted by molar-refractivity contribution is -0.132. The smallest absolute Gasteiger partial charge is 0.224 e. The van der Waals surface area contributed by atoms with E-state index in [0.29, 0.717) is 32.7 Å². The highest BCUT2D eigenvalue weighted by Gasteiger charge is 2.23. The zero-order valence-corrected chi connectivity index (χ0v) is 26.3. The van der Waals surface area contributed by atoms with Gasteiger partial charge in [0.1, 0.15) is 11.5 Å². The van der Waals surface area contributed by atoms with Gasteiger partial charge in [0.05, 0.1) is 20.0 Å². The van der Waals surface area contributed by atoms with Crippen molar-refractivity contribution in [1.29, 1.82) is 0 Å². The fourth-order valence-corrected chi connectivity index (χ4v) is 7.28. The van der Waals surface area contributed by atoms with E-state index in [9.17, 15) is 13.2 Å². The molecule has 2 aromatic carbocycles. The van der Waals surface area contributed by atoms with Crippen LogP contribution in [0.15, 0.2) is 83.6 Å². The largest absolute Gasteiger partial charge is 0.497 e. The summed E-state index contributed by atoms with van der Waals surface area (Å²) in [5.41, 5.74) is 1.99. The molecular formula is C31H37N3O5S3. The number of nitrogens with zero attached hydrogens (tertiary/aromatic N) is 2. The second-order valence-corrected chi connectivity index (χ2v) is 13.8. The van der Waals surface area contributed by atoms with Crippen molar-refractivity contribution >= 4 is 38.6 Å². The van der Waals surface area contributed by atoms with Crippen molar-refractivity contribution in [3.05, 3.63) is 104 Å². The van der Waals surface area contributed by atoms with E-state index in [0.717, 1.165) is 32.4 Å². The summed E-state index contributed by atoms with van der Waals surface area (Å²) in [5, 5.41) is 7.09. The van der Waals surface area contributed by atoms with Gasteiger partial charge < -0.3 is 19.7 Å². The topological polar surface area (TPSA) is 88.2 Å². The Balaban J connectivity index is 1.32. The van der Waals surface area contributed by atoms with Crippen LogP contribution in [-0.4, -0.2) is 56.6 Å². The molecule has 2 aromatic heterocycles. The first-order valence-electron chi connectivity index (χ1n) is 13.6. The molecule has 0 bridgehead atoms. The van der Waals surface area contributed by atoms with Crippen molar-refractivity contribution in [2.24, 2.45) is 0 Å². The van der Waals surface area contributed by atoms with Crippen LogP contribution in [0.3, 0.4) is 0 Å². The van der Waals surface area contributed by atoms with Gasteiger partial charge in [0.2, 0.25) is 15.9 Å². The van der Waals surface area contributed by atoms with Crippen LogP contribution < -0.4 is 14.8 Å². The molecule has 4 aromatic rings. The fraction of sp³-hybridized carbons (Fsp3) is 0.323. The lowest BCUT2D eigenvalue weighted by Crippen LogP contribution is -2.37. The Hall–Kier alpha value is -3.22. The zero-order chi connectivity index (χ0) is 29.8. The lowest BCUT2D eigenvalue weighted by atomic mass is 10.1. The van der Waals surface area contributed by atoms with Gasteiger partial charge in [-0.05, 0) is 58.3 Å².